The Kier molecular flexibility index (Phi) is 7.87. The summed E-state index contributed by atoms with van der Waals surface area (Å²) >= 11 is 5.68. The van der Waals surface area contributed by atoms with E-state index in [0.29, 0.717) is 17.9 Å². The minimum atomic E-state index is -0.307. The molecule has 30 heavy (non-hydrogen) atoms. The summed E-state index contributed by atoms with van der Waals surface area (Å²) in [5.41, 5.74) is 6.15. The van der Waals surface area contributed by atoms with Crippen LogP contribution < -0.4 is 14.9 Å². The molecule has 0 saturated heterocycles. The quantitative estimate of drug-likeness (QED) is 0.222. The number of carbonyl (C=O) groups is 1. The fourth-order valence-electron chi connectivity index (χ4n) is 2.71. The Bertz CT molecular complexity index is 1090. The van der Waals surface area contributed by atoms with Crippen molar-refractivity contribution in [2.45, 2.75) is 13.5 Å². The number of rotatable bonds is 7. The Morgan fingerprint density at radius 1 is 1.13 bits per heavy atom. The fourth-order valence-corrected chi connectivity index (χ4v) is 3.78. The van der Waals surface area contributed by atoms with Crippen LogP contribution in [0, 0.1) is 10.5 Å². The van der Waals surface area contributed by atoms with Crippen LogP contribution in [0.3, 0.4) is 0 Å². The van der Waals surface area contributed by atoms with Gasteiger partial charge in [-0.15, -0.1) is 0 Å². The van der Waals surface area contributed by atoms with E-state index in [2.05, 4.69) is 68.1 Å². The molecule has 5 nitrogen and oxygen atoms in total. The molecule has 3 aromatic carbocycles. The number of nitrogens with zero attached hydrogens (tertiary/aromatic N) is 1. The predicted molar refractivity (Wildman–Crippen MR) is 130 cm³/mol. The largest absolute Gasteiger partial charge is 0.496 e. The number of ether oxygens (including phenoxy) is 2. The molecule has 0 aromatic heterocycles. The van der Waals surface area contributed by atoms with Gasteiger partial charge in [0, 0.05) is 5.56 Å². The Morgan fingerprint density at radius 2 is 1.97 bits per heavy atom. The molecule has 3 aromatic rings. The van der Waals surface area contributed by atoms with Crippen molar-refractivity contribution < 1.29 is 14.3 Å². The summed E-state index contributed by atoms with van der Waals surface area (Å²) in [6, 6.07) is 19.1. The van der Waals surface area contributed by atoms with E-state index in [9.17, 15) is 4.79 Å². The van der Waals surface area contributed by atoms with Gasteiger partial charge in [-0.05, 0) is 93.0 Å². The van der Waals surface area contributed by atoms with Crippen LogP contribution >= 0.6 is 38.5 Å². The van der Waals surface area contributed by atoms with Crippen molar-refractivity contribution in [3.05, 3.63) is 91.0 Å². The zero-order valence-electron chi connectivity index (χ0n) is 16.5. The van der Waals surface area contributed by atoms with Gasteiger partial charge in [0.05, 0.1) is 21.4 Å². The van der Waals surface area contributed by atoms with Gasteiger partial charge in [0.15, 0.2) is 0 Å². The first-order valence-corrected chi connectivity index (χ1v) is 11.0. The molecule has 0 bridgehead atoms. The molecule has 1 amide bonds. The average molecular weight is 579 g/mol. The molecule has 1 N–H and O–H groups in total. The van der Waals surface area contributed by atoms with E-state index in [4.69, 9.17) is 9.47 Å². The Hall–Kier alpha value is -2.39. The molecule has 3 rings (SSSR count). The molecular weight excluding hydrogens is 559 g/mol. The van der Waals surface area contributed by atoms with Gasteiger partial charge in [-0.1, -0.05) is 29.8 Å². The van der Waals surface area contributed by atoms with E-state index >= 15 is 0 Å². The molecule has 0 unspecified atom stereocenters. The standard InChI is InChI=1S/C23H20BrIN2O3/c1-15-4-3-5-17(10-15)14-30-21-9-6-16(11-19(21)24)13-26-27-23(28)18-7-8-20(25)22(12-18)29-2/h3-13H,14H2,1-2H3,(H,27,28)/b26-13-. The molecule has 0 atom stereocenters. The fraction of sp³-hybridized carbons (Fsp3) is 0.130. The van der Waals surface area contributed by atoms with Crippen molar-refractivity contribution in [1.82, 2.24) is 5.43 Å². The molecular formula is C23H20BrIN2O3. The number of methoxy groups -OCH3 is 1. The number of benzene rings is 3. The van der Waals surface area contributed by atoms with Gasteiger partial charge < -0.3 is 9.47 Å². The monoisotopic (exact) mass is 578 g/mol. The Labute approximate surface area is 197 Å². The lowest BCUT2D eigenvalue weighted by molar-refractivity contribution is 0.0954. The lowest BCUT2D eigenvalue weighted by Gasteiger charge is -2.09. The third-order valence-electron chi connectivity index (χ3n) is 4.23. The molecule has 0 heterocycles. The summed E-state index contributed by atoms with van der Waals surface area (Å²) in [6.07, 6.45) is 1.58. The van der Waals surface area contributed by atoms with Gasteiger partial charge in [-0.25, -0.2) is 5.43 Å². The van der Waals surface area contributed by atoms with Gasteiger partial charge in [0.1, 0.15) is 18.1 Å². The van der Waals surface area contributed by atoms with Crippen LogP contribution in [-0.4, -0.2) is 19.2 Å². The third kappa shape index (κ3) is 6.06. The Morgan fingerprint density at radius 3 is 2.70 bits per heavy atom. The van der Waals surface area contributed by atoms with Crippen LogP contribution in [0.25, 0.3) is 0 Å². The molecule has 0 aliphatic rings. The molecule has 0 radical (unpaired) electrons. The van der Waals surface area contributed by atoms with E-state index < -0.39 is 0 Å². The molecule has 154 valence electrons. The highest BCUT2D eigenvalue weighted by molar-refractivity contribution is 14.1. The zero-order valence-corrected chi connectivity index (χ0v) is 20.2. The molecule has 0 spiro atoms. The lowest BCUT2D eigenvalue weighted by atomic mass is 10.1. The van der Waals surface area contributed by atoms with Crippen LogP contribution in [-0.2, 0) is 6.61 Å². The van der Waals surface area contributed by atoms with Crippen LogP contribution in [0.1, 0.15) is 27.0 Å². The predicted octanol–water partition coefficient (Wildman–Crippen LogP) is 5.71. The van der Waals surface area contributed by atoms with E-state index in [0.717, 1.165) is 24.9 Å². The number of amides is 1. The first-order chi connectivity index (χ1) is 14.5. The second-order valence-electron chi connectivity index (χ2n) is 6.52. The number of carbonyl (C=O) groups excluding carboxylic acids is 1. The number of aryl methyl sites for hydroxylation is 1. The molecule has 0 saturated carbocycles. The maximum absolute atomic E-state index is 12.3. The van der Waals surface area contributed by atoms with Crippen molar-refractivity contribution in [3.8, 4) is 11.5 Å². The number of hydrazone groups is 1. The number of hydrogen-bond acceptors (Lipinski definition) is 4. The third-order valence-corrected chi connectivity index (χ3v) is 5.74. The van der Waals surface area contributed by atoms with Crippen LogP contribution in [0.4, 0.5) is 0 Å². The number of nitrogens with one attached hydrogen (secondary N) is 1. The lowest BCUT2D eigenvalue weighted by Crippen LogP contribution is -2.17. The minimum Gasteiger partial charge on any atom is -0.496 e. The van der Waals surface area contributed by atoms with Crippen LogP contribution in [0.15, 0.2) is 70.2 Å². The molecule has 0 fully saturated rings. The highest BCUT2D eigenvalue weighted by Crippen LogP contribution is 2.26. The van der Waals surface area contributed by atoms with Crippen molar-refractivity contribution >= 4 is 50.6 Å². The van der Waals surface area contributed by atoms with Gasteiger partial charge in [0.25, 0.3) is 5.91 Å². The highest BCUT2D eigenvalue weighted by Gasteiger charge is 2.08. The van der Waals surface area contributed by atoms with Crippen LogP contribution in [0.2, 0.25) is 0 Å². The van der Waals surface area contributed by atoms with Gasteiger partial charge in [0.2, 0.25) is 0 Å². The number of hydrogen-bond donors (Lipinski definition) is 1. The summed E-state index contributed by atoms with van der Waals surface area (Å²) in [7, 11) is 1.57. The molecule has 0 aliphatic heterocycles. The summed E-state index contributed by atoms with van der Waals surface area (Å²) in [5.74, 6) is 1.08. The SMILES string of the molecule is COc1cc(C(=O)N/N=C\c2ccc(OCc3cccc(C)c3)c(Br)c2)ccc1I. The average Bonchev–Trinajstić information content (AvgIpc) is 2.73. The van der Waals surface area contributed by atoms with Gasteiger partial charge in [-0.2, -0.15) is 5.10 Å². The molecule has 0 aliphatic carbocycles. The smallest absolute Gasteiger partial charge is 0.271 e. The van der Waals surface area contributed by atoms with Crippen LogP contribution in [0.5, 0.6) is 11.5 Å². The normalized spacial score (nSPS) is 10.8. The number of halogens is 2. The minimum absolute atomic E-state index is 0.307. The molecule has 7 heteroatoms. The Balaban J connectivity index is 1.59. The van der Waals surface area contributed by atoms with Gasteiger partial charge >= 0.3 is 0 Å². The topological polar surface area (TPSA) is 59.9 Å². The van der Waals surface area contributed by atoms with Crippen molar-refractivity contribution in [2.24, 2.45) is 5.10 Å². The van der Waals surface area contributed by atoms with Crippen molar-refractivity contribution in [1.29, 1.82) is 0 Å². The van der Waals surface area contributed by atoms with E-state index in [-0.39, 0.29) is 5.91 Å². The maximum Gasteiger partial charge on any atom is 0.271 e. The first kappa shape index (κ1) is 22.3. The van der Waals surface area contributed by atoms with E-state index in [1.54, 1.807) is 25.5 Å². The highest BCUT2D eigenvalue weighted by atomic mass is 127. The second kappa shape index (κ2) is 10.6. The maximum atomic E-state index is 12.3. The summed E-state index contributed by atoms with van der Waals surface area (Å²) < 4.78 is 12.9. The van der Waals surface area contributed by atoms with E-state index in [1.807, 2.05) is 36.4 Å². The summed E-state index contributed by atoms with van der Waals surface area (Å²) in [4.78, 5) is 12.3. The van der Waals surface area contributed by atoms with Gasteiger partial charge in [-0.3, -0.25) is 4.79 Å². The summed E-state index contributed by atoms with van der Waals surface area (Å²) in [5, 5.41) is 4.04. The zero-order chi connectivity index (χ0) is 21.5. The first-order valence-electron chi connectivity index (χ1n) is 9.11. The summed E-state index contributed by atoms with van der Waals surface area (Å²) in [6.45, 7) is 2.55. The van der Waals surface area contributed by atoms with Crippen molar-refractivity contribution in [3.63, 3.8) is 0 Å². The van der Waals surface area contributed by atoms with Crippen molar-refractivity contribution in [2.75, 3.05) is 7.11 Å². The second-order valence-corrected chi connectivity index (χ2v) is 8.53. The van der Waals surface area contributed by atoms with E-state index in [1.165, 1.54) is 5.56 Å².